The predicted molar refractivity (Wildman–Crippen MR) is 98.7 cm³/mol. The van der Waals surface area contributed by atoms with Crippen molar-refractivity contribution in [3.63, 3.8) is 0 Å². The van der Waals surface area contributed by atoms with E-state index in [2.05, 4.69) is 36.5 Å². The Kier molecular flexibility index (Phi) is 7.22. The summed E-state index contributed by atoms with van der Waals surface area (Å²) in [4.78, 5) is 0. The van der Waals surface area contributed by atoms with Gasteiger partial charge in [-0.05, 0) is 49.9 Å². The number of hydrogen-bond acceptors (Lipinski definition) is 2. The van der Waals surface area contributed by atoms with Crippen LogP contribution in [0.5, 0.6) is 5.75 Å². The SMILES string of the molecule is CCOc1c(Cl)cc(CN[C@@H](C)CCc2ccccc2)cc1Cl. The highest BCUT2D eigenvalue weighted by atomic mass is 35.5. The molecule has 0 saturated carbocycles. The minimum Gasteiger partial charge on any atom is -0.491 e. The summed E-state index contributed by atoms with van der Waals surface area (Å²) in [5.74, 6) is 0.566. The van der Waals surface area contributed by atoms with Crippen molar-refractivity contribution in [1.82, 2.24) is 5.32 Å². The summed E-state index contributed by atoms with van der Waals surface area (Å²) in [7, 11) is 0. The molecule has 0 aliphatic heterocycles. The molecule has 2 aromatic carbocycles. The lowest BCUT2D eigenvalue weighted by Gasteiger charge is -2.15. The lowest BCUT2D eigenvalue weighted by atomic mass is 10.1. The van der Waals surface area contributed by atoms with Crippen LogP contribution in [-0.4, -0.2) is 12.6 Å². The highest BCUT2D eigenvalue weighted by Crippen LogP contribution is 2.34. The van der Waals surface area contributed by atoms with Crippen molar-refractivity contribution >= 4 is 23.2 Å². The molecule has 124 valence electrons. The summed E-state index contributed by atoms with van der Waals surface area (Å²) in [6.07, 6.45) is 2.16. The molecule has 0 saturated heterocycles. The van der Waals surface area contributed by atoms with Crippen LogP contribution >= 0.6 is 23.2 Å². The molecule has 2 rings (SSSR count). The molecule has 0 spiro atoms. The van der Waals surface area contributed by atoms with E-state index >= 15 is 0 Å². The second-order valence-corrected chi connectivity index (χ2v) is 6.44. The molecule has 0 aliphatic carbocycles. The molecular formula is C19H23Cl2NO. The van der Waals surface area contributed by atoms with Gasteiger partial charge in [0.1, 0.15) is 0 Å². The smallest absolute Gasteiger partial charge is 0.156 e. The Bertz CT molecular complexity index is 593. The number of rotatable bonds is 8. The molecule has 0 heterocycles. The first-order chi connectivity index (χ1) is 11.1. The summed E-state index contributed by atoms with van der Waals surface area (Å²) in [6.45, 7) is 5.40. The van der Waals surface area contributed by atoms with Crippen LogP contribution in [0.2, 0.25) is 10.0 Å². The van der Waals surface area contributed by atoms with Gasteiger partial charge in [0, 0.05) is 12.6 Å². The monoisotopic (exact) mass is 351 g/mol. The lowest BCUT2D eigenvalue weighted by molar-refractivity contribution is 0.340. The molecular weight excluding hydrogens is 329 g/mol. The van der Waals surface area contributed by atoms with E-state index in [-0.39, 0.29) is 0 Å². The quantitative estimate of drug-likeness (QED) is 0.677. The van der Waals surface area contributed by atoms with Gasteiger partial charge in [0.05, 0.1) is 16.7 Å². The molecule has 0 aromatic heterocycles. The minimum absolute atomic E-state index is 0.416. The van der Waals surface area contributed by atoms with Crippen LogP contribution in [0, 0.1) is 0 Å². The minimum atomic E-state index is 0.416. The van der Waals surface area contributed by atoms with Crippen LogP contribution in [0.3, 0.4) is 0 Å². The number of aryl methyl sites for hydroxylation is 1. The average molecular weight is 352 g/mol. The molecule has 2 aromatic rings. The van der Waals surface area contributed by atoms with Gasteiger partial charge in [0.2, 0.25) is 0 Å². The maximum Gasteiger partial charge on any atom is 0.156 e. The molecule has 0 unspecified atom stereocenters. The van der Waals surface area contributed by atoms with Gasteiger partial charge < -0.3 is 10.1 Å². The van der Waals surface area contributed by atoms with Gasteiger partial charge >= 0.3 is 0 Å². The van der Waals surface area contributed by atoms with E-state index in [1.54, 1.807) is 0 Å². The van der Waals surface area contributed by atoms with Crippen molar-refractivity contribution in [2.45, 2.75) is 39.3 Å². The molecule has 0 fully saturated rings. The number of halogens is 2. The summed E-state index contributed by atoms with van der Waals surface area (Å²) in [5, 5.41) is 4.64. The first-order valence-electron chi connectivity index (χ1n) is 7.98. The third-order valence-corrected chi connectivity index (χ3v) is 4.27. The van der Waals surface area contributed by atoms with Crippen molar-refractivity contribution in [3.05, 3.63) is 63.6 Å². The first-order valence-corrected chi connectivity index (χ1v) is 8.73. The van der Waals surface area contributed by atoms with Crippen molar-refractivity contribution in [3.8, 4) is 5.75 Å². The van der Waals surface area contributed by atoms with E-state index in [0.29, 0.717) is 28.4 Å². The fourth-order valence-electron chi connectivity index (χ4n) is 2.42. The van der Waals surface area contributed by atoms with E-state index < -0.39 is 0 Å². The third kappa shape index (κ3) is 5.72. The van der Waals surface area contributed by atoms with E-state index in [4.69, 9.17) is 27.9 Å². The van der Waals surface area contributed by atoms with Gasteiger partial charge in [-0.3, -0.25) is 0 Å². The first kappa shape index (κ1) is 18.1. The normalized spacial score (nSPS) is 12.2. The maximum absolute atomic E-state index is 6.23. The summed E-state index contributed by atoms with van der Waals surface area (Å²) in [5.41, 5.74) is 2.43. The Morgan fingerprint density at radius 2 is 1.70 bits per heavy atom. The van der Waals surface area contributed by atoms with E-state index in [1.807, 2.05) is 25.1 Å². The molecule has 0 amide bonds. The molecule has 1 N–H and O–H groups in total. The van der Waals surface area contributed by atoms with Crippen LogP contribution in [0.4, 0.5) is 0 Å². The third-order valence-electron chi connectivity index (χ3n) is 3.71. The topological polar surface area (TPSA) is 21.3 Å². The van der Waals surface area contributed by atoms with Crippen LogP contribution in [0.1, 0.15) is 31.4 Å². The van der Waals surface area contributed by atoms with Gasteiger partial charge in [0.15, 0.2) is 5.75 Å². The molecule has 23 heavy (non-hydrogen) atoms. The molecule has 2 nitrogen and oxygen atoms in total. The van der Waals surface area contributed by atoms with Gasteiger partial charge in [0.25, 0.3) is 0 Å². The Morgan fingerprint density at radius 3 is 2.30 bits per heavy atom. The van der Waals surface area contributed by atoms with E-state index in [0.717, 1.165) is 24.9 Å². The van der Waals surface area contributed by atoms with Gasteiger partial charge in [-0.1, -0.05) is 53.5 Å². The zero-order valence-corrected chi connectivity index (χ0v) is 15.1. The fraction of sp³-hybridized carbons (Fsp3) is 0.368. The summed E-state index contributed by atoms with van der Waals surface area (Å²) in [6, 6.07) is 14.8. The zero-order valence-electron chi connectivity index (χ0n) is 13.6. The van der Waals surface area contributed by atoms with Crippen LogP contribution in [0.25, 0.3) is 0 Å². The van der Waals surface area contributed by atoms with Crippen LogP contribution in [0.15, 0.2) is 42.5 Å². The predicted octanol–water partition coefficient (Wildman–Crippen LogP) is 5.50. The van der Waals surface area contributed by atoms with Crippen molar-refractivity contribution in [1.29, 1.82) is 0 Å². The Labute approximate surface area is 148 Å². The highest BCUT2D eigenvalue weighted by molar-refractivity contribution is 6.37. The standard InChI is InChI=1S/C19H23Cl2NO/c1-3-23-19-17(20)11-16(12-18(19)21)13-22-14(2)9-10-15-7-5-4-6-8-15/h4-8,11-12,14,22H,3,9-10,13H2,1-2H3/t14-/m0/s1. The van der Waals surface area contributed by atoms with Gasteiger partial charge in [-0.25, -0.2) is 0 Å². The lowest BCUT2D eigenvalue weighted by Crippen LogP contribution is -2.26. The largest absolute Gasteiger partial charge is 0.491 e. The van der Waals surface area contributed by atoms with Gasteiger partial charge in [-0.15, -0.1) is 0 Å². The molecule has 0 bridgehead atoms. The number of ether oxygens (including phenoxy) is 1. The highest BCUT2D eigenvalue weighted by Gasteiger charge is 2.10. The molecule has 0 aliphatic rings. The molecule has 1 atom stereocenters. The van der Waals surface area contributed by atoms with Crippen molar-refractivity contribution in [2.75, 3.05) is 6.61 Å². The average Bonchev–Trinajstić information content (AvgIpc) is 2.55. The second-order valence-electron chi connectivity index (χ2n) is 5.63. The van der Waals surface area contributed by atoms with E-state index in [1.165, 1.54) is 5.56 Å². The Hall–Kier alpha value is -1.22. The Morgan fingerprint density at radius 1 is 1.04 bits per heavy atom. The summed E-state index contributed by atoms with van der Waals surface area (Å²) < 4.78 is 5.45. The number of benzene rings is 2. The van der Waals surface area contributed by atoms with Crippen molar-refractivity contribution < 1.29 is 4.74 Å². The van der Waals surface area contributed by atoms with Crippen LogP contribution < -0.4 is 10.1 Å². The van der Waals surface area contributed by atoms with E-state index in [9.17, 15) is 0 Å². The zero-order chi connectivity index (χ0) is 16.7. The van der Waals surface area contributed by atoms with Gasteiger partial charge in [-0.2, -0.15) is 0 Å². The molecule has 0 radical (unpaired) electrons. The summed E-state index contributed by atoms with van der Waals surface area (Å²) >= 11 is 12.5. The number of hydrogen-bond donors (Lipinski definition) is 1. The maximum atomic E-state index is 6.23. The molecule has 4 heteroatoms. The Balaban J connectivity index is 1.85. The van der Waals surface area contributed by atoms with Crippen LogP contribution in [-0.2, 0) is 13.0 Å². The second kappa shape index (κ2) is 9.17. The number of nitrogens with one attached hydrogen (secondary N) is 1. The fourth-order valence-corrected chi connectivity index (χ4v) is 3.06. The van der Waals surface area contributed by atoms with Crippen molar-refractivity contribution in [2.24, 2.45) is 0 Å².